The number of carbonyl (C=O) groups excluding carboxylic acids is 2. The van der Waals surface area contributed by atoms with Gasteiger partial charge >= 0.3 is 5.97 Å². The van der Waals surface area contributed by atoms with Crippen molar-refractivity contribution in [3.05, 3.63) is 101 Å². The maximum atomic E-state index is 14.3. The number of likely N-dealkylation sites (tertiary alicyclic amines) is 1. The van der Waals surface area contributed by atoms with E-state index in [1.54, 1.807) is 42.3 Å². The third kappa shape index (κ3) is 6.42. The van der Waals surface area contributed by atoms with E-state index >= 15 is 0 Å². The van der Waals surface area contributed by atoms with Crippen molar-refractivity contribution in [1.82, 2.24) is 9.80 Å². The van der Waals surface area contributed by atoms with Crippen LogP contribution >= 0.6 is 0 Å². The molecule has 1 aliphatic heterocycles. The van der Waals surface area contributed by atoms with Gasteiger partial charge in [-0.3, -0.25) is 4.79 Å². The SMILES string of the molecule is COc1cccc(C2(OC(=O)c3ccccc3)CCN(C(=O)Cc3cc(F)c(F)cc3F)C(CN(C)C)C2)c1. The van der Waals surface area contributed by atoms with Gasteiger partial charge in [0.25, 0.3) is 0 Å². The van der Waals surface area contributed by atoms with Crippen LogP contribution in [0.3, 0.4) is 0 Å². The molecule has 1 amide bonds. The molecule has 3 aromatic carbocycles. The maximum Gasteiger partial charge on any atom is 0.339 e. The van der Waals surface area contributed by atoms with Crippen LogP contribution in [0.2, 0.25) is 0 Å². The molecule has 6 nitrogen and oxygen atoms in total. The van der Waals surface area contributed by atoms with Gasteiger partial charge in [0.15, 0.2) is 11.6 Å². The lowest BCUT2D eigenvalue weighted by Crippen LogP contribution is -2.56. The summed E-state index contributed by atoms with van der Waals surface area (Å²) in [6, 6.07) is 16.7. The van der Waals surface area contributed by atoms with Gasteiger partial charge in [-0.2, -0.15) is 0 Å². The first-order chi connectivity index (χ1) is 18.6. The van der Waals surface area contributed by atoms with Gasteiger partial charge in [-0.05, 0) is 50.0 Å². The number of methoxy groups -OCH3 is 1. The number of amides is 1. The summed E-state index contributed by atoms with van der Waals surface area (Å²) in [5.74, 6) is -3.83. The molecule has 2 atom stereocenters. The van der Waals surface area contributed by atoms with Crippen molar-refractivity contribution in [2.24, 2.45) is 0 Å². The molecule has 0 N–H and O–H groups in total. The molecule has 0 spiro atoms. The van der Waals surface area contributed by atoms with Crippen molar-refractivity contribution in [3.8, 4) is 5.75 Å². The Morgan fingerprint density at radius 1 is 0.974 bits per heavy atom. The van der Waals surface area contributed by atoms with Gasteiger partial charge in [0, 0.05) is 43.6 Å². The van der Waals surface area contributed by atoms with Gasteiger partial charge in [-0.15, -0.1) is 0 Å². The molecule has 0 saturated carbocycles. The molecular formula is C30H31F3N2O4. The van der Waals surface area contributed by atoms with Crippen LogP contribution in [0.15, 0.2) is 66.7 Å². The van der Waals surface area contributed by atoms with Crippen molar-refractivity contribution in [3.63, 3.8) is 0 Å². The Labute approximate surface area is 225 Å². The van der Waals surface area contributed by atoms with Crippen LogP contribution in [0.1, 0.15) is 34.3 Å². The molecule has 1 fully saturated rings. The molecule has 3 aromatic rings. The highest BCUT2D eigenvalue weighted by molar-refractivity contribution is 5.89. The van der Waals surface area contributed by atoms with Crippen LogP contribution in [0.4, 0.5) is 13.2 Å². The average Bonchev–Trinajstić information content (AvgIpc) is 2.92. The molecule has 0 aromatic heterocycles. The molecule has 1 aliphatic rings. The van der Waals surface area contributed by atoms with E-state index in [1.165, 1.54) is 0 Å². The Morgan fingerprint density at radius 3 is 2.38 bits per heavy atom. The number of halogens is 3. The summed E-state index contributed by atoms with van der Waals surface area (Å²) in [6.07, 6.45) is 0.112. The molecule has 9 heteroatoms. The number of hydrogen-bond donors (Lipinski definition) is 0. The second kappa shape index (κ2) is 11.9. The van der Waals surface area contributed by atoms with Crippen molar-refractivity contribution >= 4 is 11.9 Å². The minimum absolute atomic E-state index is 0.196. The number of piperidine rings is 1. The number of hydrogen-bond acceptors (Lipinski definition) is 5. The summed E-state index contributed by atoms with van der Waals surface area (Å²) in [6.45, 7) is 0.628. The first-order valence-corrected chi connectivity index (χ1v) is 12.6. The predicted octanol–water partition coefficient (Wildman–Crippen LogP) is 4.96. The van der Waals surface area contributed by atoms with Gasteiger partial charge in [0.1, 0.15) is 17.2 Å². The largest absolute Gasteiger partial charge is 0.497 e. The van der Waals surface area contributed by atoms with Crippen LogP contribution in [-0.4, -0.2) is 62.0 Å². The number of likely N-dealkylation sites (N-methyl/N-ethyl adjacent to an activating group) is 1. The molecule has 2 unspecified atom stereocenters. The lowest BCUT2D eigenvalue weighted by molar-refractivity contribution is -0.141. The van der Waals surface area contributed by atoms with Crippen molar-refractivity contribution in [2.45, 2.75) is 30.9 Å². The zero-order chi connectivity index (χ0) is 28.2. The average molecular weight is 541 g/mol. The number of carbonyl (C=O) groups is 2. The molecule has 0 aliphatic carbocycles. The maximum absolute atomic E-state index is 14.3. The second-order valence-electron chi connectivity index (χ2n) is 9.97. The van der Waals surface area contributed by atoms with Crippen LogP contribution in [0, 0.1) is 17.5 Å². The van der Waals surface area contributed by atoms with E-state index in [0.717, 1.165) is 11.6 Å². The fourth-order valence-electron chi connectivity index (χ4n) is 5.08. The van der Waals surface area contributed by atoms with Gasteiger partial charge in [-0.25, -0.2) is 18.0 Å². The van der Waals surface area contributed by atoms with Gasteiger partial charge in [0.2, 0.25) is 5.91 Å². The summed E-state index contributed by atoms with van der Waals surface area (Å²) >= 11 is 0. The van der Waals surface area contributed by atoms with Crippen molar-refractivity contribution in [1.29, 1.82) is 0 Å². The van der Waals surface area contributed by atoms with Crippen LogP contribution in [-0.2, 0) is 21.6 Å². The van der Waals surface area contributed by atoms with Gasteiger partial charge in [0.05, 0.1) is 19.1 Å². The Hall–Kier alpha value is -3.85. The highest BCUT2D eigenvalue weighted by Crippen LogP contribution is 2.41. The topological polar surface area (TPSA) is 59.1 Å². The summed E-state index contributed by atoms with van der Waals surface area (Å²) in [4.78, 5) is 30.2. The minimum atomic E-state index is -1.31. The Morgan fingerprint density at radius 2 is 1.69 bits per heavy atom. The Kier molecular flexibility index (Phi) is 8.60. The molecular weight excluding hydrogens is 509 g/mol. The zero-order valence-corrected chi connectivity index (χ0v) is 22.1. The number of esters is 1. The number of ether oxygens (including phenoxy) is 2. The molecule has 206 valence electrons. The second-order valence-corrected chi connectivity index (χ2v) is 9.97. The monoisotopic (exact) mass is 540 g/mol. The third-order valence-electron chi connectivity index (χ3n) is 6.98. The fourth-order valence-corrected chi connectivity index (χ4v) is 5.08. The lowest BCUT2D eigenvalue weighted by atomic mass is 9.79. The van der Waals surface area contributed by atoms with Crippen LogP contribution in [0.5, 0.6) is 5.75 Å². The van der Waals surface area contributed by atoms with Crippen LogP contribution in [0.25, 0.3) is 0 Å². The highest BCUT2D eigenvalue weighted by atomic mass is 19.2. The molecule has 0 radical (unpaired) electrons. The third-order valence-corrected chi connectivity index (χ3v) is 6.98. The first-order valence-electron chi connectivity index (χ1n) is 12.6. The molecule has 4 rings (SSSR count). The number of nitrogens with zero attached hydrogens (tertiary/aromatic N) is 2. The quantitative estimate of drug-likeness (QED) is 0.299. The fraction of sp³-hybridized carbons (Fsp3) is 0.333. The van der Waals surface area contributed by atoms with Gasteiger partial charge < -0.3 is 19.3 Å². The highest BCUT2D eigenvalue weighted by Gasteiger charge is 2.46. The van der Waals surface area contributed by atoms with E-state index in [4.69, 9.17) is 9.47 Å². The summed E-state index contributed by atoms with van der Waals surface area (Å²) in [7, 11) is 5.26. The molecule has 0 bridgehead atoms. The van der Waals surface area contributed by atoms with Gasteiger partial charge in [-0.1, -0.05) is 30.3 Å². The van der Waals surface area contributed by atoms with E-state index in [1.807, 2.05) is 43.3 Å². The van der Waals surface area contributed by atoms with E-state index in [0.29, 0.717) is 23.9 Å². The number of rotatable bonds is 8. The molecule has 39 heavy (non-hydrogen) atoms. The summed E-state index contributed by atoms with van der Waals surface area (Å²) in [5, 5.41) is 0. The lowest BCUT2D eigenvalue weighted by Gasteiger charge is -2.47. The van der Waals surface area contributed by atoms with Crippen molar-refractivity contribution < 1.29 is 32.2 Å². The smallest absolute Gasteiger partial charge is 0.339 e. The standard InChI is InChI=1S/C30H31F3N2O4/c1-34(2)19-23-18-30(22-10-7-11-24(16-22)38-3,39-29(37)20-8-5-4-6-9-20)12-13-35(23)28(36)15-21-14-26(32)27(33)17-25(21)31/h4-11,14,16-17,23H,12-13,15,18-19H2,1-3H3. The minimum Gasteiger partial charge on any atom is -0.497 e. The molecule has 1 heterocycles. The first kappa shape index (κ1) is 28.2. The zero-order valence-electron chi connectivity index (χ0n) is 22.1. The Bertz CT molecular complexity index is 1340. The van der Waals surface area contributed by atoms with Crippen molar-refractivity contribution in [2.75, 3.05) is 34.3 Å². The van der Waals surface area contributed by atoms with E-state index in [-0.39, 0.29) is 24.9 Å². The predicted molar refractivity (Wildman–Crippen MR) is 140 cm³/mol. The summed E-state index contributed by atoms with van der Waals surface area (Å²) in [5.41, 5.74) is -0.167. The number of benzene rings is 3. The normalized spacial score (nSPS) is 19.2. The Balaban J connectivity index is 1.67. The van der Waals surface area contributed by atoms with E-state index in [2.05, 4.69) is 0 Å². The van der Waals surface area contributed by atoms with Crippen LogP contribution < -0.4 is 4.74 Å². The van der Waals surface area contributed by atoms with E-state index in [9.17, 15) is 22.8 Å². The summed E-state index contributed by atoms with van der Waals surface area (Å²) < 4.78 is 53.2. The molecule has 1 saturated heterocycles. The van der Waals surface area contributed by atoms with E-state index < -0.39 is 47.4 Å².